The second-order valence-electron chi connectivity index (χ2n) is 11.4. The molecule has 0 amide bonds. The Morgan fingerprint density at radius 1 is 1.20 bits per heavy atom. The van der Waals surface area contributed by atoms with Crippen LogP contribution in [0.5, 0.6) is 0 Å². The van der Waals surface area contributed by atoms with Gasteiger partial charge in [-0.1, -0.05) is 43.7 Å². The highest BCUT2D eigenvalue weighted by Gasteiger charge is 2.50. The van der Waals surface area contributed by atoms with Gasteiger partial charge in [0.05, 0.1) is 17.8 Å². The van der Waals surface area contributed by atoms with Crippen LogP contribution in [0, 0.1) is 23.2 Å². The molecule has 3 nitrogen and oxygen atoms in total. The number of hydrogen-bond acceptors (Lipinski definition) is 3. The molecule has 0 radical (unpaired) electrons. The van der Waals surface area contributed by atoms with Gasteiger partial charge in [-0.15, -0.1) is 0 Å². The molecule has 0 heterocycles. The largest absolute Gasteiger partial charge is 0.393 e. The molecule has 0 aromatic rings. The summed E-state index contributed by atoms with van der Waals surface area (Å²) >= 11 is 0. The molecular formula is C27H44O3. The van der Waals surface area contributed by atoms with Gasteiger partial charge < -0.3 is 15.3 Å². The summed E-state index contributed by atoms with van der Waals surface area (Å²) in [5.41, 5.74) is 3.49. The van der Waals surface area contributed by atoms with Gasteiger partial charge >= 0.3 is 0 Å². The smallest absolute Gasteiger partial charge is 0.0616 e. The zero-order valence-corrected chi connectivity index (χ0v) is 19.7. The first-order chi connectivity index (χ1) is 14.0. The van der Waals surface area contributed by atoms with Crippen molar-refractivity contribution in [3.8, 4) is 0 Å². The number of fused-ring (bicyclic) bond motifs is 1. The molecule has 170 valence electrons. The van der Waals surface area contributed by atoms with Gasteiger partial charge in [0.2, 0.25) is 0 Å². The first kappa shape index (κ1) is 23.8. The minimum Gasteiger partial charge on any atom is -0.393 e. The third-order valence-electron chi connectivity index (χ3n) is 8.29. The Hall–Kier alpha value is -0.900. The number of rotatable bonds is 6. The van der Waals surface area contributed by atoms with Gasteiger partial charge in [-0.05, 0) is 100 Å². The van der Waals surface area contributed by atoms with E-state index in [2.05, 4.69) is 32.6 Å². The van der Waals surface area contributed by atoms with Crippen LogP contribution >= 0.6 is 0 Å². The zero-order chi connectivity index (χ0) is 22.1. The van der Waals surface area contributed by atoms with E-state index < -0.39 is 11.7 Å². The van der Waals surface area contributed by atoms with Crippen LogP contribution in [0.4, 0.5) is 0 Å². The predicted molar refractivity (Wildman–Crippen MR) is 124 cm³/mol. The van der Waals surface area contributed by atoms with Gasteiger partial charge in [0, 0.05) is 6.42 Å². The molecule has 3 aliphatic rings. The molecule has 3 rings (SSSR count). The topological polar surface area (TPSA) is 60.7 Å². The number of aliphatic hydroxyl groups excluding tert-OH is 2. The molecule has 3 saturated carbocycles. The first-order valence-electron chi connectivity index (χ1n) is 12.2. The van der Waals surface area contributed by atoms with Crippen molar-refractivity contribution in [1.29, 1.82) is 0 Å². The maximum atomic E-state index is 10.5. The van der Waals surface area contributed by atoms with Crippen molar-refractivity contribution in [3.05, 3.63) is 35.5 Å². The highest BCUT2D eigenvalue weighted by atomic mass is 16.3. The maximum absolute atomic E-state index is 10.5. The minimum absolute atomic E-state index is 0.219. The fourth-order valence-electron chi connectivity index (χ4n) is 6.86. The lowest BCUT2D eigenvalue weighted by Crippen LogP contribution is -2.37. The molecule has 3 fully saturated rings. The Labute approximate surface area is 184 Å². The summed E-state index contributed by atoms with van der Waals surface area (Å²) < 4.78 is 0. The maximum Gasteiger partial charge on any atom is 0.0616 e. The molecule has 30 heavy (non-hydrogen) atoms. The van der Waals surface area contributed by atoms with Crippen LogP contribution in [0.2, 0.25) is 0 Å². The molecule has 3 N–H and O–H groups in total. The van der Waals surface area contributed by atoms with Crippen LogP contribution in [-0.4, -0.2) is 33.1 Å². The van der Waals surface area contributed by atoms with Gasteiger partial charge in [-0.3, -0.25) is 0 Å². The van der Waals surface area contributed by atoms with Crippen molar-refractivity contribution in [2.75, 3.05) is 0 Å². The zero-order valence-electron chi connectivity index (χ0n) is 19.7. The van der Waals surface area contributed by atoms with Crippen LogP contribution < -0.4 is 0 Å². The van der Waals surface area contributed by atoms with Crippen molar-refractivity contribution in [2.45, 2.75) is 110 Å². The molecule has 0 aliphatic heterocycles. The summed E-state index contributed by atoms with van der Waals surface area (Å²) in [5.74, 6) is 1.72. The van der Waals surface area contributed by atoms with E-state index in [4.69, 9.17) is 0 Å². The first-order valence-corrected chi connectivity index (χ1v) is 12.2. The Bertz CT molecular complexity index is 683. The second-order valence-corrected chi connectivity index (χ2v) is 11.4. The van der Waals surface area contributed by atoms with Crippen LogP contribution in [0.1, 0.15) is 91.9 Å². The summed E-state index contributed by atoms with van der Waals surface area (Å²) in [6.07, 6.45) is 13.8. The number of aliphatic hydroxyl groups is 3. The highest BCUT2D eigenvalue weighted by Crippen LogP contribution is 2.60. The van der Waals surface area contributed by atoms with E-state index in [0.717, 1.165) is 25.7 Å². The summed E-state index contributed by atoms with van der Waals surface area (Å²) in [5, 5.41) is 30.6. The summed E-state index contributed by atoms with van der Waals surface area (Å²) in [4.78, 5) is 0. The fraction of sp³-hybridized carbons (Fsp3) is 0.778. The predicted octanol–water partition coefficient (Wildman–Crippen LogP) is 5.70. The molecule has 0 bridgehead atoms. The van der Waals surface area contributed by atoms with Crippen molar-refractivity contribution in [1.82, 2.24) is 0 Å². The fourth-order valence-corrected chi connectivity index (χ4v) is 6.86. The number of allylic oxidation sites excluding steroid dienone is 4. The molecule has 3 heteroatoms. The van der Waals surface area contributed by atoms with E-state index in [-0.39, 0.29) is 6.10 Å². The minimum atomic E-state index is -0.813. The molecular weight excluding hydrogens is 372 g/mol. The van der Waals surface area contributed by atoms with E-state index in [1.54, 1.807) is 19.4 Å². The third kappa shape index (κ3) is 5.47. The van der Waals surface area contributed by atoms with E-state index in [1.165, 1.54) is 43.3 Å². The SMILES string of the molecule is C=C1CC[C@@H](O)C/C1=C/C=C1\CCC[C@]2(C)[C@@H]([C@H](C)C[C@H](O)CC(C)(C)O)CC[C@@H]12. The van der Waals surface area contributed by atoms with E-state index in [0.29, 0.717) is 29.6 Å². The van der Waals surface area contributed by atoms with Crippen molar-refractivity contribution in [3.63, 3.8) is 0 Å². The lowest BCUT2D eigenvalue weighted by atomic mass is 9.60. The molecule has 0 aromatic carbocycles. The summed E-state index contributed by atoms with van der Waals surface area (Å²) in [7, 11) is 0. The molecule has 3 aliphatic carbocycles. The molecule has 0 unspecified atom stereocenters. The highest BCUT2D eigenvalue weighted by molar-refractivity contribution is 5.36. The van der Waals surface area contributed by atoms with Gasteiger partial charge in [0.15, 0.2) is 0 Å². The van der Waals surface area contributed by atoms with Crippen molar-refractivity contribution < 1.29 is 15.3 Å². The van der Waals surface area contributed by atoms with Crippen LogP contribution in [-0.2, 0) is 0 Å². The Morgan fingerprint density at radius 2 is 1.93 bits per heavy atom. The van der Waals surface area contributed by atoms with Crippen LogP contribution in [0.15, 0.2) is 35.5 Å². The van der Waals surface area contributed by atoms with Crippen LogP contribution in [0.25, 0.3) is 0 Å². The lowest BCUT2D eigenvalue weighted by Gasteiger charge is -2.44. The summed E-state index contributed by atoms with van der Waals surface area (Å²) in [6.45, 7) is 12.6. The van der Waals surface area contributed by atoms with Crippen molar-refractivity contribution >= 4 is 0 Å². The summed E-state index contributed by atoms with van der Waals surface area (Å²) in [6, 6.07) is 0. The van der Waals surface area contributed by atoms with Gasteiger partial charge in [0.1, 0.15) is 0 Å². The van der Waals surface area contributed by atoms with Crippen molar-refractivity contribution in [2.24, 2.45) is 23.2 Å². The molecule has 0 spiro atoms. The van der Waals surface area contributed by atoms with Gasteiger partial charge in [-0.2, -0.15) is 0 Å². The van der Waals surface area contributed by atoms with E-state index in [1.807, 2.05) is 0 Å². The van der Waals surface area contributed by atoms with Gasteiger partial charge in [-0.25, -0.2) is 0 Å². The average Bonchev–Trinajstić information content (AvgIpc) is 2.98. The van der Waals surface area contributed by atoms with E-state index >= 15 is 0 Å². The standard InChI is InChI=1S/C27H44O3/c1-18-8-11-22(28)16-21(18)10-9-20-7-6-14-27(5)24(12-13-25(20)27)19(2)15-23(29)17-26(3,4)30/h9-10,19,22-25,28-30H,1,6-8,11-17H2,2-5H3/b20-9+,21-10-/t19-,22-,23+,24-,25+,27-/m1/s1. The molecule has 0 saturated heterocycles. The quantitative estimate of drug-likeness (QED) is 0.520. The Kier molecular flexibility index (Phi) is 7.37. The van der Waals surface area contributed by atoms with E-state index in [9.17, 15) is 15.3 Å². The van der Waals surface area contributed by atoms with Crippen LogP contribution in [0.3, 0.4) is 0 Å². The average molecular weight is 417 g/mol. The van der Waals surface area contributed by atoms with Gasteiger partial charge in [0.25, 0.3) is 0 Å². The molecule has 0 aromatic heterocycles. The Balaban J connectivity index is 1.71. The Morgan fingerprint density at radius 3 is 2.63 bits per heavy atom. The second kappa shape index (κ2) is 9.30. The lowest BCUT2D eigenvalue weighted by molar-refractivity contribution is 0.000134. The third-order valence-corrected chi connectivity index (χ3v) is 8.29. The number of hydrogen-bond donors (Lipinski definition) is 3. The molecule has 6 atom stereocenters. The monoisotopic (exact) mass is 416 g/mol. The normalized spacial score (nSPS) is 37.4.